The molecule has 1 aromatic carbocycles. The Morgan fingerprint density at radius 3 is 2.47 bits per heavy atom. The maximum Gasteiger partial charge on any atom is 0.123 e. The Morgan fingerprint density at radius 2 is 1.94 bits per heavy atom. The molecule has 2 heteroatoms. The summed E-state index contributed by atoms with van der Waals surface area (Å²) in [6.45, 7) is 5.38. The molecule has 0 radical (unpaired) electrons. The van der Waals surface area contributed by atoms with Crippen LogP contribution in [-0.2, 0) is 0 Å². The van der Waals surface area contributed by atoms with Gasteiger partial charge in [-0.2, -0.15) is 0 Å². The Hall–Kier alpha value is -0.890. The Kier molecular flexibility index (Phi) is 6.20. The lowest BCUT2D eigenvalue weighted by Gasteiger charge is -2.22. The zero-order chi connectivity index (χ0) is 12.7. The highest BCUT2D eigenvalue weighted by Crippen LogP contribution is 2.27. The van der Waals surface area contributed by atoms with Crippen LogP contribution >= 0.6 is 0 Å². The van der Waals surface area contributed by atoms with Crippen LogP contribution in [0.15, 0.2) is 24.3 Å². The molecule has 17 heavy (non-hydrogen) atoms. The zero-order valence-electron chi connectivity index (χ0n) is 11.2. The van der Waals surface area contributed by atoms with Crippen molar-refractivity contribution < 1.29 is 4.39 Å². The number of halogens is 1. The maximum absolute atomic E-state index is 13.2. The van der Waals surface area contributed by atoms with Gasteiger partial charge < -0.3 is 5.32 Å². The van der Waals surface area contributed by atoms with Crippen LogP contribution in [0, 0.1) is 11.7 Å². The highest BCUT2D eigenvalue weighted by atomic mass is 19.1. The van der Waals surface area contributed by atoms with Gasteiger partial charge in [-0.3, -0.25) is 0 Å². The number of hydrogen-bond acceptors (Lipinski definition) is 1. The number of likely N-dealkylation sites (N-methyl/N-ethyl adjacent to an activating group) is 1. The summed E-state index contributed by atoms with van der Waals surface area (Å²) >= 11 is 0. The maximum atomic E-state index is 13.2. The minimum absolute atomic E-state index is 0.131. The van der Waals surface area contributed by atoms with E-state index in [2.05, 4.69) is 19.2 Å². The topological polar surface area (TPSA) is 12.0 Å². The summed E-state index contributed by atoms with van der Waals surface area (Å²) in [7, 11) is 1.96. The Bertz CT molecular complexity index is 320. The fourth-order valence-electron chi connectivity index (χ4n) is 2.37. The molecule has 1 atom stereocenters. The fourth-order valence-corrected chi connectivity index (χ4v) is 2.37. The van der Waals surface area contributed by atoms with Gasteiger partial charge in [0.05, 0.1) is 0 Å². The van der Waals surface area contributed by atoms with Gasteiger partial charge in [-0.05, 0) is 43.0 Å². The van der Waals surface area contributed by atoms with Crippen LogP contribution in [0.4, 0.5) is 4.39 Å². The van der Waals surface area contributed by atoms with Crippen LogP contribution in [0.1, 0.15) is 44.6 Å². The second-order valence-corrected chi connectivity index (χ2v) is 4.73. The predicted octanol–water partition coefficient (Wildman–Crippen LogP) is 3.96. The molecular weight excluding hydrogens is 213 g/mol. The average molecular weight is 237 g/mol. The summed E-state index contributed by atoms with van der Waals surface area (Å²) in [6.07, 6.45) is 3.54. The van der Waals surface area contributed by atoms with Gasteiger partial charge in [0.15, 0.2) is 0 Å². The summed E-state index contributed by atoms with van der Waals surface area (Å²) in [4.78, 5) is 0. The summed E-state index contributed by atoms with van der Waals surface area (Å²) in [5, 5.41) is 3.22. The molecule has 0 aliphatic rings. The van der Waals surface area contributed by atoms with Gasteiger partial charge in [0.2, 0.25) is 0 Å². The van der Waals surface area contributed by atoms with Crippen LogP contribution in [0.5, 0.6) is 0 Å². The first kappa shape index (κ1) is 14.2. The summed E-state index contributed by atoms with van der Waals surface area (Å²) in [5.41, 5.74) is 1.12. The monoisotopic (exact) mass is 237 g/mol. The largest absolute Gasteiger partial charge is 0.319 e. The number of hydrogen-bond donors (Lipinski definition) is 1. The standard InChI is InChI=1S/C15H24FN/c1-4-12(5-2)9-14(11-17-3)13-7-6-8-15(16)10-13/h6-8,10,12,14,17H,4-5,9,11H2,1-3H3. The molecule has 1 N–H and O–H groups in total. The molecule has 0 aliphatic carbocycles. The third kappa shape index (κ3) is 4.47. The van der Waals surface area contributed by atoms with Crippen molar-refractivity contribution in [2.75, 3.05) is 13.6 Å². The van der Waals surface area contributed by atoms with E-state index in [1.54, 1.807) is 12.1 Å². The predicted molar refractivity (Wildman–Crippen MR) is 71.8 cm³/mol. The van der Waals surface area contributed by atoms with E-state index in [0.717, 1.165) is 24.4 Å². The van der Waals surface area contributed by atoms with E-state index >= 15 is 0 Å². The van der Waals surface area contributed by atoms with Crippen molar-refractivity contribution in [1.82, 2.24) is 5.32 Å². The Balaban J connectivity index is 2.77. The van der Waals surface area contributed by atoms with Gasteiger partial charge in [-0.25, -0.2) is 4.39 Å². The molecule has 1 rings (SSSR count). The molecule has 1 unspecified atom stereocenters. The normalized spacial score (nSPS) is 13.0. The zero-order valence-corrected chi connectivity index (χ0v) is 11.2. The third-order valence-corrected chi connectivity index (χ3v) is 3.54. The first-order valence-corrected chi connectivity index (χ1v) is 6.61. The van der Waals surface area contributed by atoms with Crippen molar-refractivity contribution in [2.45, 2.75) is 39.0 Å². The van der Waals surface area contributed by atoms with E-state index in [1.807, 2.05) is 13.1 Å². The van der Waals surface area contributed by atoms with E-state index < -0.39 is 0 Å². The van der Waals surface area contributed by atoms with Crippen molar-refractivity contribution in [3.05, 3.63) is 35.6 Å². The Labute approximate surface area is 104 Å². The Morgan fingerprint density at radius 1 is 1.24 bits per heavy atom. The lowest BCUT2D eigenvalue weighted by molar-refractivity contribution is 0.402. The quantitative estimate of drug-likeness (QED) is 0.757. The summed E-state index contributed by atoms with van der Waals surface area (Å²) in [6, 6.07) is 7.02. The number of rotatable bonds is 7. The number of nitrogens with one attached hydrogen (secondary N) is 1. The van der Waals surface area contributed by atoms with Gasteiger partial charge in [-0.15, -0.1) is 0 Å². The van der Waals surface area contributed by atoms with E-state index in [1.165, 1.54) is 18.9 Å². The molecule has 0 spiro atoms. The molecule has 0 aromatic heterocycles. The van der Waals surface area contributed by atoms with Gasteiger partial charge in [0, 0.05) is 6.54 Å². The lowest BCUT2D eigenvalue weighted by Crippen LogP contribution is -2.20. The van der Waals surface area contributed by atoms with E-state index in [0.29, 0.717) is 5.92 Å². The van der Waals surface area contributed by atoms with Crippen LogP contribution in [0.2, 0.25) is 0 Å². The van der Waals surface area contributed by atoms with Gasteiger partial charge in [-0.1, -0.05) is 38.8 Å². The first-order valence-electron chi connectivity index (χ1n) is 6.61. The van der Waals surface area contributed by atoms with Gasteiger partial charge >= 0.3 is 0 Å². The van der Waals surface area contributed by atoms with E-state index in [-0.39, 0.29) is 5.82 Å². The molecular formula is C15H24FN. The molecule has 0 fully saturated rings. The molecule has 0 amide bonds. The fraction of sp³-hybridized carbons (Fsp3) is 0.600. The summed E-state index contributed by atoms with van der Waals surface area (Å²) < 4.78 is 13.2. The second-order valence-electron chi connectivity index (χ2n) is 4.73. The van der Waals surface area contributed by atoms with E-state index in [9.17, 15) is 4.39 Å². The van der Waals surface area contributed by atoms with E-state index in [4.69, 9.17) is 0 Å². The molecule has 0 aliphatic heterocycles. The molecule has 96 valence electrons. The molecule has 0 saturated heterocycles. The van der Waals surface area contributed by atoms with Crippen LogP contribution in [0.25, 0.3) is 0 Å². The first-order chi connectivity index (χ1) is 8.21. The van der Waals surface area contributed by atoms with Gasteiger partial charge in [0.25, 0.3) is 0 Å². The SMILES string of the molecule is CCC(CC)CC(CNC)c1cccc(F)c1. The molecule has 1 aromatic rings. The highest BCUT2D eigenvalue weighted by Gasteiger charge is 2.15. The van der Waals surface area contributed by atoms with Crippen LogP contribution in [-0.4, -0.2) is 13.6 Å². The summed E-state index contributed by atoms with van der Waals surface area (Å²) in [5.74, 6) is 1.02. The smallest absolute Gasteiger partial charge is 0.123 e. The molecule has 1 nitrogen and oxygen atoms in total. The van der Waals surface area contributed by atoms with Crippen molar-refractivity contribution in [3.8, 4) is 0 Å². The van der Waals surface area contributed by atoms with Gasteiger partial charge in [0.1, 0.15) is 5.82 Å². The average Bonchev–Trinajstić information content (AvgIpc) is 2.34. The van der Waals surface area contributed by atoms with Crippen molar-refractivity contribution in [2.24, 2.45) is 5.92 Å². The second kappa shape index (κ2) is 7.44. The number of benzene rings is 1. The highest BCUT2D eigenvalue weighted by molar-refractivity contribution is 5.21. The molecule has 0 bridgehead atoms. The minimum atomic E-state index is -0.131. The van der Waals surface area contributed by atoms with Crippen LogP contribution < -0.4 is 5.32 Å². The molecule has 0 heterocycles. The molecule has 0 saturated carbocycles. The third-order valence-electron chi connectivity index (χ3n) is 3.54. The van der Waals surface area contributed by atoms with Crippen molar-refractivity contribution >= 4 is 0 Å². The lowest BCUT2D eigenvalue weighted by atomic mass is 9.86. The minimum Gasteiger partial charge on any atom is -0.319 e. The van der Waals surface area contributed by atoms with Crippen molar-refractivity contribution in [3.63, 3.8) is 0 Å². The van der Waals surface area contributed by atoms with Crippen LogP contribution in [0.3, 0.4) is 0 Å². The van der Waals surface area contributed by atoms with Crippen molar-refractivity contribution in [1.29, 1.82) is 0 Å².